The Morgan fingerprint density at radius 1 is 1.35 bits per heavy atom. The average Bonchev–Trinajstić information content (AvgIpc) is 2.89. The van der Waals surface area contributed by atoms with Gasteiger partial charge in [0.2, 0.25) is 0 Å². The molecule has 7 heteroatoms. The summed E-state index contributed by atoms with van der Waals surface area (Å²) in [6, 6.07) is 8.14. The molecule has 104 valence electrons. The van der Waals surface area contributed by atoms with Crippen LogP contribution < -0.4 is 4.74 Å². The van der Waals surface area contributed by atoms with Gasteiger partial charge >= 0.3 is 0 Å². The fourth-order valence-electron chi connectivity index (χ4n) is 1.39. The van der Waals surface area contributed by atoms with Gasteiger partial charge in [0.15, 0.2) is 17.7 Å². The van der Waals surface area contributed by atoms with Gasteiger partial charge in [0.1, 0.15) is 0 Å². The number of benzene rings is 1. The molecule has 0 unspecified atom stereocenters. The minimum Gasteiger partial charge on any atom is -0.478 e. The Labute approximate surface area is 119 Å². The second-order valence-electron chi connectivity index (χ2n) is 3.99. The molecule has 0 saturated heterocycles. The molecular weight excluding hydrogens is 281 g/mol. The van der Waals surface area contributed by atoms with E-state index in [0.717, 1.165) is 11.8 Å². The third-order valence-corrected chi connectivity index (χ3v) is 3.20. The fraction of sp³-hybridized carbons (Fsp3) is 0.308. The maximum Gasteiger partial charge on any atom is 0.278 e. The molecule has 0 aliphatic rings. The Balaban J connectivity index is 2.05. The van der Waals surface area contributed by atoms with E-state index in [4.69, 9.17) is 14.4 Å². The van der Waals surface area contributed by atoms with Crippen LogP contribution in [0.25, 0.3) is 0 Å². The van der Waals surface area contributed by atoms with Gasteiger partial charge in [0.05, 0.1) is 11.3 Å². The lowest BCUT2D eigenvalue weighted by molar-refractivity contribution is 0.174. The monoisotopic (exact) mass is 293 g/mol. The van der Waals surface area contributed by atoms with Crippen molar-refractivity contribution >= 4 is 11.8 Å². The molecule has 0 N–H and O–H groups in total. The summed E-state index contributed by atoms with van der Waals surface area (Å²) in [4.78, 5) is 0. The summed E-state index contributed by atoms with van der Waals surface area (Å²) in [5.41, 5.74) is 0. The van der Waals surface area contributed by atoms with E-state index in [1.54, 1.807) is 26.0 Å². The first-order chi connectivity index (χ1) is 9.60. The van der Waals surface area contributed by atoms with Crippen molar-refractivity contribution in [2.45, 2.75) is 30.4 Å². The number of para-hydroxylation sites is 1. The van der Waals surface area contributed by atoms with E-state index < -0.39 is 11.9 Å². The molecule has 0 radical (unpaired) electrons. The van der Waals surface area contributed by atoms with Gasteiger partial charge in [-0.3, -0.25) is 0 Å². The first-order valence-electron chi connectivity index (χ1n) is 5.91. The van der Waals surface area contributed by atoms with Crippen LogP contribution in [0.5, 0.6) is 5.75 Å². The molecule has 1 aromatic heterocycles. The zero-order valence-electron chi connectivity index (χ0n) is 10.9. The maximum absolute atomic E-state index is 13.5. The van der Waals surface area contributed by atoms with Crippen molar-refractivity contribution in [1.82, 2.24) is 10.2 Å². The Kier molecular flexibility index (Phi) is 4.58. The first kappa shape index (κ1) is 14.3. The molecule has 2 aromatic rings. The molecule has 5 nitrogen and oxygen atoms in total. The lowest BCUT2D eigenvalue weighted by Gasteiger charge is -2.11. The lowest BCUT2D eigenvalue weighted by Crippen LogP contribution is -2.04. The van der Waals surface area contributed by atoms with E-state index in [1.165, 1.54) is 12.1 Å². The highest BCUT2D eigenvalue weighted by atomic mass is 32.2. The zero-order valence-corrected chi connectivity index (χ0v) is 11.7. The molecule has 20 heavy (non-hydrogen) atoms. The third-order valence-electron chi connectivity index (χ3n) is 2.37. The molecule has 1 heterocycles. The largest absolute Gasteiger partial charge is 0.478 e. The molecule has 0 saturated carbocycles. The van der Waals surface area contributed by atoms with Crippen LogP contribution in [-0.2, 0) is 0 Å². The summed E-state index contributed by atoms with van der Waals surface area (Å²) >= 11 is 1.16. The normalized spacial score (nSPS) is 13.5. The SMILES string of the molecule is C[C@H](C#N)Sc1nnc([C@@H](C)Oc2ccccc2F)o1. The summed E-state index contributed by atoms with van der Waals surface area (Å²) in [6.45, 7) is 3.41. The maximum atomic E-state index is 13.5. The van der Waals surface area contributed by atoms with Gasteiger partial charge in [-0.1, -0.05) is 12.1 Å². The summed E-state index contributed by atoms with van der Waals surface area (Å²) in [7, 11) is 0. The van der Waals surface area contributed by atoms with E-state index in [2.05, 4.69) is 16.3 Å². The van der Waals surface area contributed by atoms with Crippen LogP contribution in [0.4, 0.5) is 4.39 Å². The van der Waals surface area contributed by atoms with Gasteiger partial charge in [-0.25, -0.2) is 4.39 Å². The molecule has 0 aliphatic heterocycles. The molecule has 0 spiro atoms. The molecule has 0 amide bonds. The number of nitrogens with zero attached hydrogens (tertiary/aromatic N) is 3. The number of rotatable bonds is 5. The van der Waals surface area contributed by atoms with Crippen molar-refractivity contribution in [1.29, 1.82) is 5.26 Å². The van der Waals surface area contributed by atoms with Crippen molar-refractivity contribution in [3.05, 3.63) is 36.0 Å². The summed E-state index contributed by atoms with van der Waals surface area (Å²) in [5, 5.41) is 16.4. The number of hydrogen-bond acceptors (Lipinski definition) is 6. The highest BCUT2D eigenvalue weighted by molar-refractivity contribution is 7.99. The summed E-state index contributed by atoms with van der Waals surface area (Å²) in [5.74, 6) is -0.0924. The number of hydrogen-bond donors (Lipinski definition) is 0. The molecule has 0 aliphatic carbocycles. The molecule has 2 rings (SSSR count). The Bertz CT molecular complexity index is 626. The van der Waals surface area contributed by atoms with E-state index in [9.17, 15) is 4.39 Å². The number of nitriles is 1. The molecule has 0 fully saturated rings. The lowest BCUT2D eigenvalue weighted by atomic mass is 10.3. The number of halogens is 1. The van der Waals surface area contributed by atoms with Crippen LogP contribution in [0.2, 0.25) is 0 Å². The van der Waals surface area contributed by atoms with E-state index in [0.29, 0.717) is 0 Å². The van der Waals surface area contributed by atoms with E-state index >= 15 is 0 Å². The van der Waals surface area contributed by atoms with Crippen LogP contribution in [0.15, 0.2) is 33.9 Å². The van der Waals surface area contributed by atoms with Crippen LogP contribution in [0, 0.1) is 17.1 Å². The number of aromatic nitrogens is 2. The Hall–Kier alpha value is -2.07. The Morgan fingerprint density at radius 3 is 2.80 bits per heavy atom. The standard InChI is InChI=1S/C13H12FN3O2S/c1-8(7-15)20-13-17-16-12(19-13)9(2)18-11-6-4-3-5-10(11)14/h3-6,8-9H,1-2H3/t8-,9-/m1/s1. The van der Waals surface area contributed by atoms with Gasteiger partial charge in [-0.2, -0.15) is 5.26 Å². The summed E-state index contributed by atoms with van der Waals surface area (Å²) < 4.78 is 24.3. The van der Waals surface area contributed by atoms with Crippen LogP contribution >= 0.6 is 11.8 Å². The van der Waals surface area contributed by atoms with Crippen molar-refractivity contribution in [3.8, 4) is 11.8 Å². The fourth-order valence-corrected chi connectivity index (χ4v) is 1.97. The van der Waals surface area contributed by atoms with Gasteiger partial charge in [-0.15, -0.1) is 10.2 Å². The van der Waals surface area contributed by atoms with E-state index in [1.807, 2.05) is 0 Å². The van der Waals surface area contributed by atoms with Crippen molar-refractivity contribution in [3.63, 3.8) is 0 Å². The predicted molar refractivity (Wildman–Crippen MR) is 70.7 cm³/mol. The quantitative estimate of drug-likeness (QED) is 0.787. The summed E-state index contributed by atoms with van der Waals surface area (Å²) in [6.07, 6.45) is -0.578. The van der Waals surface area contributed by atoms with Gasteiger partial charge in [0.25, 0.3) is 11.1 Å². The second-order valence-corrected chi connectivity index (χ2v) is 5.28. The molecule has 2 atom stereocenters. The topological polar surface area (TPSA) is 71.9 Å². The van der Waals surface area contributed by atoms with Gasteiger partial charge in [-0.05, 0) is 37.7 Å². The minimum absolute atomic E-state index is 0.123. The zero-order chi connectivity index (χ0) is 14.5. The number of thioether (sulfide) groups is 1. The van der Waals surface area contributed by atoms with Gasteiger partial charge < -0.3 is 9.15 Å². The van der Waals surface area contributed by atoms with Crippen LogP contribution in [-0.4, -0.2) is 15.4 Å². The molecule has 1 aromatic carbocycles. The Morgan fingerprint density at radius 2 is 2.10 bits per heavy atom. The van der Waals surface area contributed by atoms with Crippen LogP contribution in [0.1, 0.15) is 25.8 Å². The van der Waals surface area contributed by atoms with Crippen molar-refractivity contribution < 1.29 is 13.5 Å². The van der Waals surface area contributed by atoms with Gasteiger partial charge in [0, 0.05) is 0 Å². The van der Waals surface area contributed by atoms with Crippen molar-refractivity contribution in [2.24, 2.45) is 0 Å². The highest BCUT2D eigenvalue weighted by Gasteiger charge is 2.18. The van der Waals surface area contributed by atoms with Crippen LogP contribution in [0.3, 0.4) is 0 Å². The smallest absolute Gasteiger partial charge is 0.278 e. The minimum atomic E-state index is -0.578. The predicted octanol–water partition coefficient (Wildman–Crippen LogP) is 3.35. The van der Waals surface area contributed by atoms with E-state index in [-0.39, 0.29) is 22.1 Å². The molecule has 0 bridgehead atoms. The second kappa shape index (κ2) is 6.39. The first-order valence-corrected chi connectivity index (χ1v) is 6.79. The van der Waals surface area contributed by atoms with Crippen molar-refractivity contribution in [2.75, 3.05) is 0 Å². The average molecular weight is 293 g/mol. The third kappa shape index (κ3) is 3.48. The highest BCUT2D eigenvalue weighted by Crippen LogP contribution is 2.26. The molecular formula is C13H12FN3O2S. The number of ether oxygens (including phenoxy) is 1.